The Bertz CT molecular complexity index is 383. The molecule has 8 heteroatoms. The van der Waals surface area contributed by atoms with E-state index in [0.29, 0.717) is 37.6 Å². The maximum absolute atomic E-state index is 11.4. The molecule has 0 aromatic carbocycles. The highest BCUT2D eigenvalue weighted by Crippen LogP contribution is 2.06. The maximum Gasteiger partial charge on any atom is 0.407 e. The molecule has 0 aromatic rings. The number of ether oxygens (including phenoxy) is 1. The molecule has 22 heavy (non-hydrogen) atoms. The van der Waals surface area contributed by atoms with Crippen LogP contribution in [-0.4, -0.2) is 41.4 Å². The number of halogens is 1. The molecule has 0 bridgehead atoms. The highest BCUT2D eigenvalue weighted by Gasteiger charge is 2.18. The SMILES string of the molecule is CC(C)(C)OC(=O)NCCCCC(NC(=O)CCBr)C(N)=O. The van der Waals surface area contributed by atoms with Crippen molar-refractivity contribution in [3.8, 4) is 0 Å². The highest BCUT2D eigenvalue weighted by molar-refractivity contribution is 9.09. The molecule has 0 aromatic heterocycles. The first-order valence-electron chi connectivity index (χ1n) is 7.27. The second-order valence-electron chi connectivity index (χ2n) is 5.89. The van der Waals surface area contributed by atoms with Crippen molar-refractivity contribution in [2.24, 2.45) is 5.73 Å². The monoisotopic (exact) mass is 379 g/mol. The molecule has 0 fully saturated rings. The van der Waals surface area contributed by atoms with Crippen LogP contribution in [0.25, 0.3) is 0 Å². The van der Waals surface area contributed by atoms with Crippen molar-refractivity contribution in [3.05, 3.63) is 0 Å². The quantitative estimate of drug-likeness (QED) is 0.415. The minimum atomic E-state index is -0.673. The van der Waals surface area contributed by atoms with Crippen LogP contribution >= 0.6 is 15.9 Å². The molecule has 0 aliphatic rings. The van der Waals surface area contributed by atoms with Crippen molar-refractivity contribution in [2.45, 2.75) is 58.1 Å². The van der Waals surface area contributed by atoms with Gasteiger partial charge in [-0.2, -0.15) is 0 Å². The molecule has 3 amide bonds. The number of nitrogens with one attached hydrogen (secondary N) is 2. The van der Waals surface area contributed by atoms with Crippen molar-refractivity contribution >= 4 is 33.8 Å². The summed E-state index contributed by atoms with van der Waals surface area (Å²) in [5, 5.41) is 5.76. The van der Waals surface area contributed by atoms with E-state index < -0.39 is 23.6 Å². The van der Waals surface area contributed by atoms with Crippen molar-refractivity contribution in [1.82, 2.24) is 10.6 Å². The van der Waals surface area contributed by atoms with E-state index in [4.69, 9.17) is 10.5 Å². The van der Waals surface area contributed by atoms with E-state index >= 15 is 0 Å². The lowest BCUT2D eigenvalue weighted by Crippen LogP contribution is -2.44. The summed E-state index contributed by atoms with van der Waals surface area (Å²) in [6, 6.07) is -0.673. The zero-order valence-corrected chi connectivity index (χ0v) is 15.0. The third-order valence-electron chi connectivity index (χ3n) is 2.59. The van der Waals surface area contributed by atoms with Crippen LogP contribution in [0.5, 0.6) is 0 Å². The van der Waals surface area contributed by atoms with Gasteiger partial charge in [0.2, 0.25) is 11.8 Å². The summed E-state index contributed by atoms with van der Waals surface area (Å²) in [4.78, 5) is 34.1. The van der Waals surface area contributed by atoms with E-state index in [1.165, 1.54) is 0 Å². The Labute approximate surface area is 139 Å². The zero-order chi connectivity index (χ0) is 17.2. The summed E-state index contributed by atoms with van der Waals surface area (Å²) in [6.45, 7) is 5.81. The van der Waals surface area contributed by atoms with Crippen LogP contribution in [0, 0.1) is 0 Å². The molecule has 0 aliphatic carbocycles. The van der Waals surface area contributed by atoms with Crippen LogP contribution in [0.1, 0.15) is 46.5 Å². The predicted molar refractivity (Wildman–Crippen MR) is 87.6 cm³/mol. The molecule has 0 spiro atoms. The van der Waals surface area contributed by atoms with E-state index in [2.05, 4.69) is 26.6 Å². The van der Waals surface area contributed by atoms with Gasteiger partial charge in [0.1, 0.15) is 11.6 Å². The van der Waals surface area contributed by atoms with Crippen molar-refractivity contribution in [2.75, 3.05) is 11.9 Å². The first kappa shape index (κ1) is 20.7. The predicted octanol–water partition coefficient (Wildman–Crippen LogP) is 1.44. The van der Waals surface area contributed by atoms with E-state index in [-0.39, 0.29) is 5.91 Å². The molecule has 0 saturated carbocycles. The second kappa shape index (κ2) is 10.4. The molecule has 1 unspecified atom stereocenters. The summed E-state index contributed by atoms with van der Waals surface area (Å²) in [7, 11) is 0. The number of unbranched alkanes of at least 4 members (excludes halogenated alkanes) is 1. The lowest BCUT2D eigenvalue weighted by Gasteiger charge is -2.19. The number of primary amides is 1. The average molecular weight is 380 g/mol. The molecule has 4 N–H and O–H groups in total. The van der Waals surface area contributed by atoms with E-state index in [1.54, 1.807) is 20.8 Å². The average Bonchev–Trinajstić information content (AvgIpc) is 2.34. The smallest absolute Gasteiger partial charge is 0.407 e. The Balaban J connectivity index is 3.93. The number of hydrogen-bond donors (Lipinski definition) is 3. The summed E-state index contributed by atoms with van der Waals surface area (Å²) in [5.74, 6) is -0.768. The Morgan fingerprint density at radius 3 is 2.36 bits per heavy atom. The number of hydrogen-bond acceptors (Lipinski definition) is 4. The lowest BCUT2D eigenvalue weighted by molar-refractivity contribution is -0.127. The van der Waals surface area contributed by atoms with Crippen LogP contribution < -0.4 is 16.4 Å². The summed E-state index contributed by atoms with van der Waals surface area (Å²) < 4.78 is 5.10. The third-order valence-corrected chi connectivity index (χ3v) is 2.98. The van der Waals surface area contributed by atoms with E-state index in [0.717, 1.165) is 0 Å². The van der Waals surface area contributed by atoms with Gasteiger partial charge in [0.05, 0.1) is 0 Å². The van der Waals surface area contributed by atoms with Crippen molar-refractivity contribution < 1.29 is 19.1 Å². The normalized spacial score (nSPS) is 12.4. The summed E-state index contributed by atoms with van der Waals surface area (Å²) in [6.07, 6.45) is 1.59. The topological polar surface area (TPSA) is 111 Å². The van der Waals surface area contributed by atoms with Crippen molar-refractivity contribution in [1.29, 1.82) is 0 Å². The first-order chi connectivity index (χ1) is 10.2. The highest BCUT2D eigenvalue weighted by atomic mass is 79.9. The summed E-state index contributed by atoms with van der Waals surface area (Å²) in [5.41, 5.74) is 4.73. The zero-order valence-electron chi connectivity index (χ0n) is 13.4. The standard InChI is InChI=1S/C14H26BrN3O4/c1-14(2,3)22-13(21)17-9-5-4-6-10(12(16)20)18-11(19)7-8-15/h10H,4-9H2,1-3H3,(H2,16,20)(H,17,21)(H,18,19). The van der Waals surface area contributed by atoms with Gasteiger partial charge in [-0.1, -0.05) is 15.9 Å². The molecule has 128 valence electrons. The van der Waals surface area contributed by atoms with Gasteiger partial charge in [-0.05, 0) is 40.0 Å². The van der Waals surface area contributed by atoms with Gasteiger partial charge in [0.25, 0.3) is 0 Å². The molecule has 0 aliphatic heterocycles. The van der Waals surface area contributed by atoms with Crippen LogP contribution in [-0.2, 0) is 14.3 Å². The number of alkyl carbamates (subject to hydrolysis) is 1. The van der Waals surface area contributed by atoms with Gasteiger partial charge in [-0.25, -0.2) is 4.79 Å². The minimum Gasteiger partial charge on any atom is -0.444 e. The largest absolute Gasteiger partial charge is 0.444 e. The van der Waals surface area contributed by atoms with Crippen LogP contribution in [0.15, 0.2) is 0 Å². The first-order valence-corrected chi connectivity index (χ1v) is 8.39. The summed E-state index contributed by atoms with van der Waals surface area (Å²) >= 11 is 3.16. The second-order valence-corrected chi connectivity index (χ2v) is 6.68. The van der Waals surface area contributed by atoms with Gasteiger partial charge in [0.15, 0.2) is 0 Å². The van der Waals surface area contributed by atoms with E-state index in [1.807, 2.05) is 0 Å². The number of nitrogens with two attached hydrogens (primary N) is 1. The number of carbonyl (C=O) groups is 3. The molecule has 1 atom stereocenters. The van der Waals surface area contributed by atoms with Gasteiger partial charge >= 0.3 is 6.09 Å². The fourth-order valence-corrected chi connectivity index (χ4v) is 1.98. The number of rotatable bonds is 9. The third kappa shape index (κ3) is 11.4. The minimum absolute atomic E-state index is 0.215. The fourth-order valence-electron chi connectivity index (χ4n) is 1.62. The van der Waals surface area contributed by atoms with Gasteiger partial charge in [-0.3, -0.25) is 9.59 Å². The lowest BCUT2D eigenvalue weighted by atomic mass is 10.1. The molecule has 0 rings (SSSR count). The van der Waals surface area contributed by atoms with Crippen molar-refractivity contribution in [3.63, 3.8) is 0 Å². The van der Waals surface area contributed by atoms with Gasteiger partial charge in [-0.15, -0.1) is 0 Å². The number of amides is 3. The molecule has 7 nitrogen and oxygen atoms in total. The van der Waals surface area contributed by atoms with Crippen LogP contribution in [0.2, 0.25) is 0 Å². The molecule has 0 saturated heterocycles. The van der Waals surface area contributed by atoms with E-state index in [9.17, 15) is 14.4 Å². The molecular weight excluding hydrogens is 354 g/mol. The Morgan fingerprint density at radius 2 is 1.86 bits per heavy atom. The molecular formula is C14H26BrN3O4. The Morgan fingerprint density at radius 1 is 1.23 bits per heavy atom. The van der Waals surface area contributed by atoms with Gasteiger partial charge in [0, 0.05) is 18.3 Å². The Hall–Kier alpha value is -1.31. The van der Waals surface area contributed by atoms with Gasteiger partial charge < -0.3 is 21.1 Å². The number of carbonyl (C=O) groups excluding carboxylic acids is 3. The van der Waals surface area contributed by atoms with Crippen LogP contribution in [0.3, 0.4) is 0 Å². The number of alkyl halides is 1. The van der Waals surface area contributed by atoms with Crippen LogP contribution in [0.4, 0.5) is 4.79 Å². The molecule has 0 heterocycles. The molecule has 0 radical (unpaired) electrons. The fraction of sp³-hybridized carbons (Fsp3) is 0.786. The maximum atomic E-state index is 11.4. The Kier molecular flexibility index (Phi) is 9.80.